The number of nitrogens with zero attached hydrogens (tertiary/aromatic N) is 7. The van der Waals surface area contributed by atoms with Crippen LogP contribution in [-0.2, 0) is 4.79 Å². The monoisotopic (exact) mass is 385 g/mol. The van der Waals surface area contributed by atoms with Crippen molar-refractivity contribution in [1.82, 2.24) is 20.1 Å². The van der Waals surface area contributed by atoms with E-state index in [1.54, 1.807) is 19.2 Å². The van der Waals surface area contributed by atoms with Gasteiger partial charge in [0.15, 0.2) is 5.82 Å². The Morgan fingerprint density at radius 2 is 1.57 bits per heavy atom. The molecule has 2 fully saturated rings. The number of hydrogen-bond acceptors (Lipinski definition) is 7. The van der Waals surface area contributed by atoms with E-state index in [-0.39, 0.29) is 11.7 Å². The van der Waals surface area contributed by atoms with Gasteiger partial charge < -0.3 is 19.6 Å². The zero-order chi connectivity index (χ0) is 19.5. The van der Waals surface area contributed by atoms with Gasteiger partial charge in [-0.3, -0.25) is 4.79 Å². The van der Waals surface area contributed by atoms with E-state index >= 15 is 0 Å². The average molecular weight is 385 g/mol. The minimum atomic E-state index is -0.188. The van der Waals surface area contributed by atoms with Crippen LogP contribution in [0.2, 0.25) is 0 Å². The quantitative estimate of drug-likeness (QED) is 0.781. The van der Waals surface area contributed by atoms with E-state index in [1.807, 2.05) is 17.0 Å². The molecule has 2 aliphatic heterocycles. The normalized spacial score (nSPS) is 17.8. The lowest BCUT2D eigenvalue weighted by molar-refractivity contribution is -0.129. The summed E-state index contributed by atoms with van der Waals surface area (Å²) in [5, 5.41) is 8.31. The Balaban J connectivity index is 1.39. The smallest absolute Gasteiger partial charge is 0.247 e. The van der Waals surface area contributed by atoms with Crippen LogP contribution in [0.4, 0.5) is 21.8 Å². The zero-order valence-electron chi connectivity index (χ0n) is 16.0. The molecular formula is C19H24FN7O. The molecule has 2 aliphatic rings. The fraction of sp³-hybridized carbons (Fsp3) is 0.474. The summed E-state index contributed by atoms with van der Waals surface area (Å²) >= 11 is 0. The third kappa shape index (κ3) is 3.83. The van der Waals surface area contributed by atoms with E-state index < -0.39 is 0 Å². The first kappa shape index (κ1) is 18.4. The van der Waals surface area contributed by atoms with Gasteiger partial charge in [-0.15, -0.1) is 5.10 Å². The van der Waals surface area contributed by atoms with Gasteiger partial charge in [0.05, 0.1) is 11.9 Å². The molecule has 2 saturated heterocycles. The number of carbonyl (C=O) groups is 1. The van der Waals surface area contributed by atoms with Crippen LogP contribution in [0, 0.1) is 5.82 Å². The summed E-state index contributed by atoms with van der Waals surface area (Å²) in [6.07, 6.45) is 1.67. The van der Waals surface area contributed by atoms with Crippen LogP contribution < -0.4 is 14.7 Å². The maximum Gasteiger partial charge on any atom is 0.247 e. The molecule has 3 heterocycles. The van der Waals surface area contributed by atoms with Crippen molar-refractivity contribution in [2.24, 2.45) is 0 Å². The van der Waals surface area contributed by atoms with E-state index in [1.165, 1.54) is 6.07 Å². The van der Waals surface area contributed by atoms with Crippen LogP contribution in [0.3, 0.4) is 0 Å². The lowest BCUT2D eigenvalue weighted by Gasteiger charge is -2.37. The van der Waals surface area contributed by atoms with Crippen LogP contribution >= 0.6 is 0 Å². The van der Waals surface area contributed by atoms with E-state index in [0.29, 0.717) is 37.8 Å². The van der Waals surface area contributed by atoms with E-state index in [4.69, 9.17) is 0 Å². The van der Waals surface area contributed by atoms with Gasteiger partial charge in [0.25, 0.3) is 0 Å². The Labute approximate surface area is 163 Å². The van der Waals surface area contributed by atoms with Crippen LogP contribution in [0.1, 0.15) is 6.92 Å². The second kappa shape index (κ2) is 7.95. The molecule has 2 aromatic rings. The molecule has 0 atom stereocenters. The standard InChI is InChI=1S/C19H24FN7O/c1-15(28)24-6-12-27(13-7-24)19-22-18(14-21-23-19)26-10-8-25(9-11-26)17-5-3-2-4-16(17)20/h2-5,14H,6-13H2,1H3. The number of para-hydroxylation sites is 1. The molecule has 148 valence electrons. The SMILES string of the molecule is CC(=O)N1CCN(c2nncc(N3CCN(c4ccccc4F)CC3)n2)CC1. The number of halogens is 1. The molecular weight excluding hydrogens is 361 g/mol. The van der Waals surface area contributed by atoms with Crippen LogP contribution in [0.5, 0.6) is 0 Å². The minimum Gasteiger partial charge on any atom is -0.366 e. The molecule has 0 aliphatic carbocycles. The van der Waals surface area contributed by atoms with Crippen molar-refractivity contribution in [3.05, 3.63) is 36.3 Å². The highest BCUT2D eigenvalue weighted by molar-refractivity contribution is 5.73. The van der Waals surface area contributed by atoms with Crippen molar-refractivity contribution >= 4 is 23.4 Å². The number of aromatic nitrogens is 3. The number of carbonyl (C=O) groups excluding carboxylic acids is 1. The summed E-state index contributed by atoms with van der Waals surface area (Å²) in [7, 11) is 0. The third-order valence-corrected chi connectivity index (χ3v) is 5.34. The molecule has 0 N–H and O–H groups in total. The lowest BCUT2D eigenvalue weighted by Crippen LogP contribution is -2.49. The number of benzene rings is 1. The third-order valence-electron chi connectivity index (χ3n) is 5.34. The molecule has 28 heavy (non-hydrogen) atoms. The van der Waals surface area contributed by atoms with Gasteiger partial charge in [0.1, 0.15) is 5.82 Å². The van der Waals surface area contributed by atoms with Crippen molar-refractivity contribution in [2.75, 3.05) is 67.1 Å². The molecule has 9 heteroatoms. The fourth-order valence-corrected chi connectivity index (χ4v) is 3.68. The lowest BCUT2D eigenvalue weighted by atomic mass is 10.2. The predicted molar refractivity (Wildman–Crippen MR) is 105 cm³/mol. The maximum atomic E-state index is 14.0. The number of hydrogen-bond donors (Lipinski definition) is 0. The van der Waals surface area contributed by atoms with Crippen LogP contribution in [-0.4, -0.2) is 78.3 Å². The van der Waals surface area contributed by atoms with Gasteiger partial charge in [0.2, 0.25) is 11.9 Å². The van der Waals surface area contributed by atoms with E-state index in [0.717, 1.165) is 32.0 Å². The average Bonchev–Trinajstić information content (AvgIpc) is 2.74. The Hall–Kier alpha value is -2.97. The highest BCUT2D eigenvalue weighted by Gasteiger charge is 2.24. The largest absolute Gasteiger partial charge is 0.366 e. The van der Waals surface area contributed by atoms with Crippen molar-refractivity contribution in [3.8, 4) is 0 Å². The van der Waals surface area contributed by atoms with Gasteiger partial charge in [-0.25, -0.2) is 4.39 Å². The summed E-state index contributed by atoms with van der Waals surface area (Å²) < 4.78 is 14.0. The van der Waals surface area contributed by atoms with Gasteiger partial charge in [-0.05, 0) is 12.1 Å². The summed E-state index contributed by atoms with van der Waals surface area (Å²) in [5.41, 5.74) is 0.645. The molecule has 0 bridgehead atoms. The molecule has 0 unspecified atom stereocenters. The van der Waals surface area contributed by atoms with Gasteiger partial charge in [0, 0.05) is 59.3 Å². The Kier molecular flexibility index (Phi) is 5.23. The topological polar surface area (TPSA) is 68.7 Å². The Morgan fingerprint density at radius 3 is 2.25 bits per heavy atom. The first-order chi connectivity index (χ1) is 13.6. The first-order valence-electron chi connectivity index (χ1n) is 9.56. The highest BCUT2D eigenvalue weighted by atomic mass is 19.1. The second-order valence-corrected chi connectivity index (χ2v) is 7.03. The number of rotatable bonds is 3. The molecule has 1 aromatic carbocycles. The molecule has 1 aromatic heterocycles. The predicted octanol–water partition coefficient (Wildman–Crippen LogP) is 1.01. The fourth-order valence-electron chi connectivity index (χ4n) is 3.68. The molecule has 0 saturated carbocycles. The Bertz CT molecular complexity index is 833. The van der Waals surface area contributed by atoms with Gasteiger partial charge in [-0.2, -0.15) is 10.1 Å². The summed E-state index contributed by atoms with van der Waals surface area (Å²) in [6, 6.07) is 6.88. The van der Waals surface area contributed by atoms with Gasteiger partial charge >= 0.3 is 0 Å². The summed E-state index contributed by atoms with van der Waals surface area (Å²) in [6.45, 7) is 7.26. The zero-order valence-corrected chi connectivity index (χ0v) is 16.0. The summed E-state index contributed by atoms with van der Waals surface area (Å²) in [5.74, 6) is 1.29. The number of piperazine rings is 2. The van der Waals surface area contributed by atoms with Crippen LogP contribution in [0.15, 0.2) is 30.5 Å². The molecule has 4 rings (SSSR count). The highest BCUT2D eigenvalue weighted by Crippen LogP contribution is 2.22. The maximum absolute atomic E-state index is 14.0. The first-order valence-corrected chi connectivity index (χ1v) is 9.56. The van der Waals surface area contributed by atoms with E-state index in [9.17, 15) is 9.18 Å². The Morgan fingerprint density at radius 1 is 0.929 bits per heavy atom. The van der Waals surface area contributed by atoms with Crippen molar-refractivity contribution < 1.29 is 9.18 Å². The molecule has 0 radical (unpaired) electrons. The molecule has 1 amide bonds. The van der Waals surface area contributed by atoms with Crippen molar-refractivity contribution in [2.45, 2.75) is 6.92 Å². The number of amides is 1. The van der Waals surface area contributed by atoms with Crippen molar-refractivity contribution in [1.29, 1.82) is 0 Å². The van der Waals surface area contributed by atoms with E-state index in [2.05, 4.69) is 29.9 Å². The van der Waals surface area contributed by atoms with Crippen LogP contribution in [0.25, 0.3) is 0 Å². The number of anilines is 3. The van der Waals surface area contributed by atoms with Gasteiger partial charge in [-0.1, -0.05) is 12.1 Å². The minimum absolute atomic E-state index is 0.0974. The van der Waals surface area contributed by atoms with Crippen molar-refractivity contribution in [3.63, 3.8) is 0 Å². The molecule has 0 spiro atoms. The summed E-state index contributed by atoms with van der Waals surface area (Å²) in [4.78, 5) is 24.3. The second-order valence-electron chi connectivity index (χ2n) is 7.03. The molecule has 8 nitrogen and oxygen atoms in total.